The van der Waals surface area contributed by atoms with E-state index in [1.54, 1.807) is 0 Å². The van der Waals surface area contributed by atoms with Gasteiger partial charge in [0.2, 0.25) is 0 Å². The lowest BCUT2D eigenvalue weighted by molar-refractivity contribution is -0.307. The zero-order valence-electron chi connectivity index (χ0n) is 7.51. The summed E-state index contributed by atoms with van der Waals surface area (Å²) in [5.41, 5.74) is 3.15. The highest BCUT2D eigenvalue weighted by molar-refractivity contribution is 5.88. The minimum Gasteiger partial charge on any atom is -0.410 e. The summed E-state index contributed by atoms with van der Waals surface area (Å²) in [5, 5.41) is 16.6. The minimum atomic E-state index is -4.81. The van der Waals surface area contributed by atoms with Gasteiger partial charge < -0.3 is 15.6 Å². The van der Waals surface area contributed by atoms with Gasteiger partial charge in [0, 0.05) is 6.42 Å². The number of hydrogen-bond acceptors (Lipinski definition) is 3. The quantitative estimate of drug-likeness (QED) is 0.482. The van der Waals surface area contributed by atoms with E-state index < -0.39 is 30.0 Å². The van der Waals surface area contributed by atoms with E-state index in [4.69, 9.17) is 11.1 Å². The topological polar surface area (TPSA) is 79.3 Å². The molecule has 0 radical (unpaired) electrons. The van der Waals surface area contributed by atoms with Gasteiger partial charge in [0.1, 0.15) is 17.2 Å². The van der Waals surface area contributed by atoms with Crippen molar-refractivity contribution in [3.05, 3.63) is 24.0 Å². The molecule has 15 heavy (non-hydrogen) atoms. The Morgan fingerprint density at radius 2 is 2.20 bits per heavy atom. The summed E-state index contributed by atoms with van der Waals surface area (Å²) in [6.07, 6.45) is -1.96. The molecule has 0 amide bonds. The number of nitrogens with two attached hydrogens (primary N) is 1. The fraction of sp³-hybridized carbons (Fsp3) is 0.375. The average molecular weight is 222 g/mol. The van der Waals surface area contributed by atoms with E-state index in [-0.39, 0.29) is 0 Å². The molecule has 0 aromatic rings. The SMILES string of the molecule is N=C(N)C1(O)C=CC=C(OC(F)(F)F)C1. The molecule has 0 saturated carbocycles. The number of aliphatic hydroxyl groups is 1. The maximum atomic E-state index is 11.8. The summed E-state index contributed by atoms with van der Waals surface area (Å²) in [5.74, 6) is -1.11. The zero-order chi connectivity index (χ0) is 11.7. The number of halogens is 3. The molecule has 0 aliphatic heterocycles. The van der Waals surface area contributed by atoms with Gasteiger partial charge in [-0.25, -0.2) is 0 Å². The summed E-state index contributed by atoms with van der Waals surface area (Å²) >= 11 is 0. The monoisotopic (exact) mass is 222 g/mol. The summed E-state index contributed by atoms with van der Waals surface area (Å²) in [6.45, 7) is 0. The molecule has 0 bridgehead atoms. The standard InChI is InChI=1S/C8H9F3N2O2/c9-8(10,11)15-5-2-1-3-7(14,4-5)6(12)13/h1-3,14H,4H2,(H3,12,13). The summed E-state index contributed by atoms with van der Waals surface area (Å²) in [6, 6.07) is 0. The number of allylic oxidation sites excluding steroid dienone is 2. The van der Waals surface area contributed by atoms with E-state index in [1.165, 1.54) is 0 Å². The third-order valence-electron chi connectivity index (χ3n) is 1.81. The molecule has 7 heteroatoms. The molecular formula is C8H9F3N2O2. The Morgan fingerprint density at radius 3 is 2.67 bits per heavy atom. The highest BCUT2D eigenvalue weighted by Crippen LogP contribution is 2.29. The molecule has 1 rings (SSSR count). The Bertz CT molecular complexity index is 335. The summed E-state index contributed by atoms with van der Waals surface area (Å²) in [4.78, 5) is 0. The highest BCUT2D eigenvalue weighted by atomic mass is 19.4. The van der Waals surface area contributed by atoms with Crippen LogP contribution in [0.5, 0.6) is 0 Å². The first-order valence-corrected chi connectivity index (χ1v) is 3.94. The molecule has 1 aliphatic carbocycles. The lowest BCUT2D eigenvalue weighted by Gasteiger charge is -2.26. The third kappa shape index (κ3) is 2.98. The first-order chi connectivity index (χ1) is 6.73. The van der Waals surface area contributed by atoms with Crippen molar-refractivity contribution in [3.8, 4) is 0 Å². The zero-order valence-corrected chi connectivity index (χ0v) is 7.51. The smallest absolute Gasteiger partial charge is 0.410 e. The van der Waals surface area contributed by atoms with E-state index in [0.717, 1.165) is 18.2 Å². The van der Waals surface area contributed by atoms with Crippen LogP contribution >= 0.6 is 0 Å². The number of ether oxygens (including phenoxy) is 1. The van der Waals surface area contributed by atoms with Gasteiger partial charge in [-0.15, -0.1) is 13.2 Å². The van der Waals surface area contributed by atoms with E-state index in [1.807, 2.05) is 0 Å². The Labute approximate surface area is 83.3 Å². The molecule has 4 N–H and O–H groups in total. The number of hydrogen-bond donors (Lipinski definition) is 3. The van der Waals surface area contributed by atoms with E-state index >= 15 is 0 Å². The van der Waals surface area contributed by atoms with Gasteiger partial charge in [0.05, 0.1) is 0 Å². The van der Waals surface area contributed by atoms with Crippen molar-refractivity contribution < 1.29 is 23.0 Å². The van der Waals surface area contributed by atoms with Gasteiger partial charge in [0.25, 0.3) is 0 Å². The minimum absolute atomic E-state index is 0.484. The first kappa shape index (κ1) is 11.6. The summed E-state index contributed by atoms with van der Waals surface area (Å²) in [7, 11) is 0. The number of alkyl halides is 3. The predicted octanol–water partition coefficient (Wildman–Crippen LogP) is 1.03. The van der Waals surface area contributed by atoms with Crippen LogP contribution in [0.3, 0.4) is 0 Å². The lowest BCUT2D eigenvalue weighted by Crippen LogP contribution is -2.43. The molecule has 0 spiro atoms. The number of rotatable bonds is 2. The molecule has 84 valence electrons. The van der Waals surface area contributed by atoms with Gasteiger partial charge in [-0.2, -0.15) is 0 Å². The number of amidine groups is 1. The van der Waals surface area contributed by atoms with Gasteiger partial charge >= 0.3 is 6.36 Å². The normalized spacial score (nSPS) is 26.0. The van der Waals surface area contributed by atoms with Crippen molar-refractivity contribution in [2.24, 2.45) is 5.73 Å². The van der Waals surface area contributed by atoms with E-state index in [9.17, 15) is 18.3 Å². The molecule has 0 fully saturated rings. The number of nitrogens with one attached hydrogen (secondary N) is 1. The summed E-state index contributed by atoms with van der Waals surface area (Å²) < 4.78 is 39.1. The van der Waals surface area contributed by atoms with Crippen molar-refractivity contribution in [2.45, 2.75) is 18.4 Å². The van der Waals surface area contributed by atoms with Crippen molar-refractivity contribution in [1.82, 2.24) is 0 Å². The second kappa shape index (κ2) is 3.58. The van der Waals surface area contributed by atoms with Crippen molar-refractivity contribution in [1.29, 1.82) is 5.41 Å². The molecule has 0 aromatic carbocycles. The van der Waals surface area contributed by atoms with Gasteiger partial charge in [0.15, 0.2) is 0 Å². The van der Waals surface area contributed by atoms with Crippen LogP contribution in [0.1, 0.15) is 6.42 Å². The van der Waals surface area contributed by atoms with E-state index in [2.05, 4.69) is 4.74 Å². The van der Waals surface area contributed by atoms with E-state index in [0.29, 0.717) is 0 Å². The molecular weight excluding hydrogens is 213 g/mol. The predicted molar refractivity (Wildman–Crippen MR) is 45.8 cm³/mol. The largest absolute Gasteiger partial charge is 0.572 e. The van der Waals surface area contributed by atoms with Gasteiger partial charge in [-0.3, -0.25) is 5.41 Å². The van der Waals surface area contributed by atoms with Gasteiger partial charge in [-0.05, 0) is 12.2 Å². The molecule has 1 unspecified atom stereocenters. The first-order valence-electron chi connectivity index (χ1n) is 3.94. The Balaban J connectivity index is 2.77. The van der Waals surface area contributed by atoms with Crippen molar-refractivity contribution in [2.75, 3.05) is 0 Å². The maximum absolute atomic E-state index is 11.8. The Kier molecular flexibility index (Phi) is 2.76. The van der Waals surface area contributed by atoms with Crippen LogP contribution in [0.25, 0.3) is 0 Å². The highest BCUT2D eigenvalue weighted by Gasteiger charge is 2.37. The maximum Gasteiger partial charge on any atom is 0.572 e. The Hall–Kier alpha value is -1.50. The molecule has 0 heterocycles. The molecule has 4 nitrogen and oxygen atoms in total. The van der Waals surface area contributed by atoms with Crippen LogP contribution in [-0.4, -0.2) is 22.9 Å². The molecule has 0 saturated heterocycles. The lowest BCUT2D eigenvalue weighted by atomic mass is 9.93. The van der Waals surface area contributed by atoms with Crippen LogP contribution in [0, 0.1) is 5.41 Å². The van der Waals surface area contributed by atoms with Crippen molar-refractivity contribution >= 4 is 5.84 Å². The second-order valence-electron chi connectivity index (χ2n) is 3.05. The fourth-order valence-corrected chi connectivity index (χ4v) is 1.10. The molecule has 0 aromatic heterocycles. The second-order valence-corrected chi connectivity index (χ2v) is 3.05. The van der Waals surface area contributed by atoms with Crippen LogP contribution in [0.4, 0.5) is 13.2 Å². The van der Waals surface area contributed by atoms with Crippen LogP contribution in [0.2, 0.25) is 0 Å². The third-order valence-corrected chi connectivity index (χ3v) is 1.81. The molecule has 1 atom stereocenters. The van der Waals surface area contributed by atoms with Crippen molar-refractivity contribution in [3.63, 3.8) is 0 Å². The van der Waals surface area contributed by atoms with Crippen LogP contribution < -0.4 is 5.73 Å². The van der Waals surface area contributed by atoms with Gasteiger partial charge in [-0.1, -0.05) is 6.08 Å². The fourth-order valence-electron chi connectivity index (χ4n) is 1.10. The van der Waals surface area contributed by atoms with Crippen LogP contribution in [0.15, 0.2) is 24.0 Å². The van der Waals surface area contributed by atoms with Crippen LogP contribution in [-0.2, 0) is 4.74 Å². The molecule has 1 aliphatic rings. The Morgan fingerprint density at radius 1 is 1.60 bits per heavy atom. The average Bonchev–Trinajstić information content (AvgIpc) is 2.00.